The van der Waals surface area contributed by atoms with Crippen molar-refractivity contribution in [3.63, 3.8) is 0 Å². The molecule has 1 saturated carbocycles. The van der Waals surface area contributed by atoms with Crippen LogP contribution in [-0.2, 0) is 9.84 Å². The predicted molar refractivity (Wildman–Crippen MR) is 81.9 cm³/mol. The van der Waals surface area contributed by atoms with Gasteiger partial charge < -0.3 is 10.6 Å². The van der Waals surface area contributed by atoms with Gasteiger partial charge in [-0.3, -0.25) is 0 Å². The van der Waals surface area contributed by atoms with Crippen LogP contribution < -0.4 is 10.6 Å². The molecule has 6 heteroatoms. The number of urea groups is 1. The molecule has 2 rings (SSSR count). The van der Waals surface area contributed by atoms with Crippen LogP contribution in [0.3, 0.4) is 0 Å². The van der Waals surface area contributed by atoms with Crippen molar-refractivity contribution in [2.24, 2.45) is 0 Å². The number of benzene rings is 1. The van der Waals surface area contributed by atoms with Crippen LogP contribution in [0.15, 0.2) is 29.2 Å². The van der Waals surface area contributed by atoms with Crippen LogP contribution in [0, 0.1) is 0 Å². The lowest BCUT2D eigenvalue weighted by Crippen LogP contribution is -2.41. The molecule has 0 aliphatic heterocycles. The Labute approximate surface area is 126 Å². The summed E-state index contributed by atoms with van der Waals surface area (Å²) >= 11 is 0. The van der Waals surface area contributed by atoms with Crippen molar-refractivity contribution in [1.82, 2.24) is 10.6 Å². The van der Waals surface area contributed by atoms with E-state index in [4.69, 9.17) is 0 Å². The van der Waals surface area contributed by atoms with Gasteiger partial charge in [0, 0.05) is 12.3 Å². The van der Waals surface area contributed by atoms with Crippen LogP contribution in [0.5, 0.6) is 0 Å². The first-order valence-electron chi connectivity index (χ1n) is 7.23. The molecule has 2 amide bonds. The molecule has 0 aromatic heterocycles. The topological polar surface area (TPSA) is 75.3 Å². The maximum atomic E-state index is 11.9. The SMILES string of the molecule is C[C@H](NC(=O)NC1CCCC1)c1ccc(S(C)(=O)=O)cc1. The van der Waals surface area contributed by atoms with Crippen LogP contribution in [0.4, 0.5) is 4.79 Å². The maximum absolute atomic E-state index is 11.9. The lowest BCUT2D eigenvalue weighted by molar-refractivity contribution is 0.234. The fraction of sp³-hybridized carbons (Fsp3) is 0.533. The molecule has 1 aromatic rings. The number of sulfone groups is 1. The van der Waals surface area contributed by atoms with E-state index in [1.54, 1.807) is 24.3 Å². The Morgan fingerprint density at radius 3 is 2.29 bits per heavy atom. The van der Waals surface area contributed by atoms with Crippen molar-refractivity contribution >= 4 is 15.9 Å². The molecule has 21 heavy (non-hydrogen) atoms. The Morgan fingerprint density at radius 1 is 1.19 bits per heavy atom. The Bertz CT molecular complexity index is 590. The number of nitrogens with one attached hydrogen (secondary N) is 2. The van der Waals surface area contributed by atoms with Gasteiger partial charge in [0.05, 0.1) is 10.9 Å². The molecule has 1 aliphatic carbocycles. The third kappa shape index (κ3) is 4.46. The lowest BCUT2D eigenvalue weighted by atomic mass is 10.1. The Kier molecular flexibility index (Phi) is 4.88. The average molecular weight is 310 g/mol. The van der Waals surface area contributed by atoms with Crippen molar-refractivity contribution in [1.29, 1.82) is 0 Å². The maximum Gasteiger partial charge on any atom is 0.315 e. The zero-order valence-electron chi connectivity index (χ0n) is 12.4. The number of hydrogen-bond acceptors (Lipinski definition) is 3. The van der Waals surface area contributed by atoms with E-state index in [1.165, 1.54) is 19.1 Å². The summed E-state index contributed by atoms with van der Waals surface area (Å²) in [5.74, 6) is 0. The number of hydrogen-bond donors (Lipinski definition) is 2. The summed E-state index contributed by atoms with van der Waals surface area (Å²) in [5, 5.41) is 5.85. The number of amides is 2. The standard InChI is InChI=1S/C15H22N2O3S/c1-11(16-15(18)17-13-5-3-4-6-13)12-7-9-14(10-8-12)21(2,19)20/h7-11,13H,3-6H2,1-2H3,(H2,16,17,18)/t11-/m0/s1. The van der Waals surface area contributed by atoms with Crippen LogP contribution in [0.2, 0.25) is 0 Å². The molecule has 1 aromatic carbocycles. The zero-order valence-corrected chi connectivity index (χ0v) is 13.2. The van der Waals surface area contributed by atoms with Crippen molar-refractivity contribution in [3.8, 4) is 0 Å². The first kappa shape index (κ1) is 15.8. The highest BCUT2D eigenvalue weighted by Crippen LogP contribution is 2.18. The van der Waals surface area contributed by atoms with Gasteiger partial charge in [-0.15, -0.1) is 0 Å². The molecule has 0 radical (unpaired) electrons. The third-order valence-corrected chi connectivity index (χ3v) is 4.97. The second-order valence-electron chi connectivity index (χ2n) is 5.66. The molecular weight excluding hydrogens is 288 g/mol. The van der Waals surface area contributed by atoms with Crippen LogP contribution in [0.25, 0.3) is 0 Å². The van der Waals surface area contributed by atoms with Gasteiger partial charge >= 0.3 is 6.03 Å². The highest BCUT2D eigenvalue weighted by Gasteiger charge is 2.18. The lowest BCUT2D eigenvalue weighted by Gasteiger charge is -2.18. The van der Waals surface area contributed by atoms with Crippen LogP contribution in [0.1, 0.15) is 44.2 Å². The number of carbonyl (C=O) groups is 1. The van der Waals surface area contributed by atoms with E-state index in [2.05, 4.69) is 10.6 Å². The molecule has 1 fully saturated rings. The van der Waals surface area contributed by atoms with E-state index in [-0.39, 0.29) is 23.0 Å². The average Bonchev–Trinajstić information content (AvgIpc) is 2.90. The van der Waals surface area contributed by atoms with E-state index in [1.807, 2.05) is 6.92 Å². The smallest absolute Gasteiger partial charge is 0.315 e. The van der Waals surface area contributed by atoms with Crippen molar-refractivity contribution in [3.05, 3.63) is 29.8 Å². The summed E-state index contributed by atoms with van der Waals surface area (Å²) in [5.41, 5.74) is 0.879. The second kappa shape index (κ2) is 6.47. The van der Waals surface area contributed by atoms with Gasteiger partial charge in [0.15, 0.2) is 9.84 Å². The summed E-state index contributed by atoms with van der Waals surface area (Å²) in [6.45, 7) is 1.88. The molecular formula is C15H22N2O3S. The highest BCUT2D eigenvalue weighted by molar-refractivity contribution is 7.90. The first-order chi connectivity index (χ1) is 9.86. The Hall–Kier alpha value is -1.56. The number of rotatable bonds is 4. The monoisotopic (exact) mass is 310 g/mol. The van der Waals surface area contributed by atoms with E-state index in [9.17, 15) is 13.2 Å². The molecule has 0 bridgehead atoms. The summed E-state index contributed by atoms with van der Waals surface area (Å²) in [6.07, 6.45) is 5.62. The van der Waals surface area contributed by atoms with Gasteiger partial charge in [-0.25, -0.2) is 13.2 Å². The van der Waals surface area contributed by atoms with Crippen LogP contribution >= 0.6 is 0 Å². The van der Waals surface area contributed by atoms with E-state index in [0.29, 0.717) is 0 Å². The molecule has 5 nitrogen and oxygen atoms in total. The van der Waals surface area contributed by atoms with Crippen molar-refractivity contribution < 1.29 is 13.2 Å². The summed E-state index contributed by atoms with van der Waals surface area (Å²) in [4.78, 5) is 12.2. The Morgan fingerprint density at radius 2 is 1.76 bits per heavy atom. The zero-order chi connectivity index (χ0) is 15.5. The molecule has 1 atom stereocenters. The predicted octanol–water partition coefficient (Wildman–Crippen LogP) is 2.39. The van der Waals surface area contributed by atoms with E-state index >= 15 is 0 Å². The van der Waals surface area contributed by atoms with Gasteiger partial charge in [-0.1, -0.05) is 25.0 Å². The molecule has 0 spiro atoms. The highest BCUT2D eigenvalue weighted by atomic mass is 32.2. The molecule has 0 unspecified atom stereocenters. The van der Waals surface area contributed by atoms with Gasteiger partial charge in [0.25, 0.3) is 0 Å². The fourth-order valence-corrected chi connectivity index (χ4v) is 3.21. The molecule has 0 saturated heterocycles. The summed E-state index contributed by atoms with van der Waals surface area (Å²) < 4.78 is 22.8. The van der Waals surface area contributed by atoms with Gasteiger partial charge in [-0.2, -0.15) is 0 Å². The molecule has 116 valence electrons. The quantitative estimate of drug-likeness (QED) is 0.896. The minimum atomic E-state index is -3.18. The minimum absolute atomic E-state index is 0.165. The van der Waals surface area contributed by atoms with Gasteiger partial charge in [-0.05, 0) is 37.5 Å². The first-order valence-corrected chi connectivity index (χ1v) is 9.12. The normalized spacial score (nSPS) is 17.4. The minimum Gasteiger partial charge on any atom is -0.335 e. The van der Waals surface area contributed by atoms with E-state index in [0.717, 1.165) is 18.4 Å². The second-order valence-corrected chi connectivity index (χ2v) is 7.68. The third-order valence-electron chi connectivity index (χ3n) is 3.85. The van der Waals surface area contributed by atoms with Crippen molar-refractivity contribution in [2.75, 3.05) is 6.26 Å². The summed E-state index contributed by atoms with van der Waals surface area (Å²) in [7, 11) is -3.18. The van der Waals surface area contributed by atoms with Gasteiger partial charge in [0.1, 0.15) is 0 Å². The molecule has 0 heterocycles. The van der Waals surface area contributed by atoms with Gasteiger partial charge in [0.2, 0.25) is 0 Å². The van der Waals surface area contributed by atoms with Crippen molar-refractivity contribution in [2.45, 2.75) is 49.6 Å². The Balaban J connectivity index is 1.93. The molecule has 2 N–H and O–H groups in total. The fourth-order valence-electron chi connectivity index (χ4n) is 2.58. The van der Waals surface area contributed by atoms with Crippen LogP contribution in [-0.4, -0.2) is 26.7 Å². The molecule has 1 aliphatic rings. The van der Waals surface area contributed by atoms with E-state index < -0.39 is 9.84 Å². The summed E-state index contributed by atoms with van der Waals surface area (Å²) in [6, 6.07) is 6.55. The largest absolute Gasteiger partial charge is 0.335 e. The number of carbonyl (C=O) groups excluding carboxylic acids is 1.